The summed E-state index contributed by atoms with van der Waals surface area (Å²) in [5.41, 5.74) is 6.92. The van der Waals surface area contributed by atoms with Crippen LogP contribution in [0.3, 0.4) is 0 Å². The second kappa shape index (κ2) is 10.1. The summed E-state index contributed by atoms with van der Waals surface area (Å²) in [5, 5.41) is 0. The molecule has 0 fully saturated rings. The van der Waals surface area contributed by atoms with Crippen LogP contribution < -0.4 is 9.47 Å². The van der Waals surface area contributed by atoms with Crippen molar-refractivity contribution in [3.8, 4) is 11.5 Å². The predicted molar refractivity (Wildman–Crippen MR) is 113 cm³/mol. The van der Waals surface area contributed by atoms with Crippen molar-refractivity contribution in [2.45, 2.75) is 33.6 Å². The van der Waals surface area contributed by atoms with Crippen LogP contribution in [-0.4, -0.2) is 34.0 Å². The molecule has 1 atom stereocenters. The summed E-state index contributed by atoms with van der Waals surface area (Å²) in [6, 6.07) is 8.67. The van der Waals surface area contributed by atoms with E-state index < -0.39 is 0 Å². The van der Waals surface area contributed by atoms with Gasteiger partial charge in [0, 0.05) is 31.3 Å². The number of ether oxygens (including phenoxy) is 4. The van der Waals surface area contributed by atoms with E-state index in [4.69, 9.17) is 18.9 Å². The fraction of sp³-hybridized carbons (Fsp3) is 0.455. The Kier molecular flexibility index (Phi) is 8.09. The molecule has 0 bridgehead atoms. The summed E-state index contributed by atoms with van der Waals surface area (Å²) in [7, 11) is 6.14. The largest absolute Gasteiger partial charge is 0.467 e. The summed E-state index contributed by atoms with van der Waals surface area (Å²) in [4.78, 5) is 0. The first-order valence-corrected chi connectivity index (χ1v) is 9.90. The van der Waals surface area contributed by atoms with Crippen LogP contribution in [0.1, 0.15) is 39.3 Å². The van der Waals surface area contributed by atoms with E-state index in [0.29, 0.717) is 0 Å². The molecule has 4 nitrogen and oxygen atoms in total. The van der Waals surface area contributed by atoms with Crippen molar-refractivity contribution >= 4 is 9.24 Å². The number of hydrogen-bond acceptors (Lipinski definition) is 4. The molecule has 2 aromatic carbocycles. The lowest BCUT2D eigenvalue weighted by Crippen LogP contribution is -2.12. The molecule has 0 heterocycles. The van der Waals surface area contributed by atoms with Crippen LogP contribution in [0.25, 0.3) is 0 Å². The maximum absolute atomic E-state index is 5.96. The van der Waals surface area contributed by atoms with Gasteiger partial charge in [-0.05, 0) is 45.0 Å². The Morgan fingerprint density at radius 1 is 0.741 bits per heavy atom. The summed E-state index contributed by atoms with van der Waals surface area (Å²) in [5.74, 6) is 1.88. The molecule has 0 aliphatic rings. The molecule has 148 valence electrons. The van der Waals surface area contributed by atoms with E-state index in [1.165, 1.54) is 11.1 Å². The first-order chi connectivity index (χ1) is 12.9. The zero-order chi connectivity index (χ0) is 20.0. The van der Waals surface area contributed by atoms with Crippen molar-refractivity contribution in [2.75, 3.05) is 34.0 Å². The molecular weight excluding hydrogens is 359 g/mol. The minimum Gasteiger partial charge on any atom is -0.467 e. The van der Waals surface area contributed by atoms with Crippen LogP contribution in [0, 0.1) is 27.7 Å². The molecule has 1 unspecified atom stereocenters. The minimum absolute atomic E-state index is 0.117. The minimum atomic E-state index is 0.117. The number of rotatable bonds is 9. The SMILES string of the molecule is COCOc1c(C)cc(C)cc1C(CP)c1cc(C)cc(C)c1OCOC. The van der Waals surface area contributed by atoms with Gasteiger partial charge in [-0.2, -0.15) is 0 Å². The van der Waals surface area contributed by atoms with Gasteiger partial charge in [0.15, 0.2) is 13.6 Å². The maximum Gasteiger partial charge on any atom is 0.188 e. The van der Waals surface area contributed by atoms with E-state index in [1.54, 1.807) is 14.2 Å². The zero-order valence-corrected chi connectivity index (χ0v) is 18.4. The lowest BCUT2D eigenvalue weighted by Gasteiger charge is -2.25. The Labute approximate surface area is 165 Å². The maximum atomic E-state index is 5.96. The first kappa shape index (κ1) is 21.7. The van der Waals surface area contributed by atoms with Crippen LogP contribution in [0.5, 0.6) is 11.5 Å². The van der Waals surface area contributed by atoms with Gasteiger partial charge in [-0.3, -0.25) is 0 Å². The summed E-state index contributed by atoms with van der Waals surface area (Å²) >= 11 is 0. The highest BCUT2D eigenvalue weighted by Gasteiger charge is 2.24. The number of benzene rings is 2. The van der Waals surface area contributed by atoms with Gasteiger partial charge in [-0.15, -0.1) is 9.24 Å². The quantitative estimate of drug-likeness (QED) is 0.451. The second-order valence-corrected chi connectivity index (χ2v) is 7.36. The molecule has 0 amide bonds. The standard InChI is InChI=1S/C22H31O4P/c1-14-7-16(3)21(25-12-23-5)18(9-14)20(11-27)19-10-15(2)8-17(4)22(19)26-13-24-6/h7-10,20H,11-13,27H2,1-6H3. The van der Waals surface area contributed by atoms with Crippen molar-refractivity contribution in [3.63, 3.8) is 0 Å². The van der Waals surface area contributed by atoms with Gasteiger partial charge in [0.2, 0.25) is 0 Å². The van der Waals surface area contributed by atoms with Gasteiger partial charge in [0.25, 0.3) is 0 Å². The average molecular weight is 390 g/mol. The molecule has 0 aromatic heterocycles. The third-order valence-corrected chi connectivity index (χ3v) is 5.00. The van der Waals surface area contributed by atoms with Crippen LogP contribution >= 0.6 is 9.24 Å². The molecule has 0 saturated carbocycles. The normalized spacial score (nSPS) is 11.1. The molecular formula is C22H31O4P. The average Bonchev–Trinajstić information content (AvgIpc) is 2.60. The van der Waals surface area contributed by atoms with Crippen molar-refractivity contribution in [2.24, 2.45) is 0 Å². The molecule has 0 aliphatic carbocycles. The molecule has 0 saturated heterocycles. The van der Waals surface area contributed by atoms with E-state index >= 15 is 0 Å². The summed E-state index contributed by atoms with van der Waals surface area (Å²) in [6.45, 7) is 8.82. The summed E-state index contributed by atoms with van der Waals surface area (Å²) < 4.78 is 22.2. The van der Waals surface area contributed by atoms with Crippen LogP contribution in [0.2, 0.25) is 0 Å². The Morgan fingerprint density at radius 2 is 1.15 bits per heavy atom. The van der Waals surface area contributed by atoms with Crippen molar-refractivity contribution in [1.29, 1.82) is 0 Å². The lowest BCUT2D eigenvalue weighted by atomic mass is 9.87. The highest BCUT2D eigenvalue weighted by atomic mass is 31.0. The topological polar surface area (TPSA) is 36.9 Å². The molecule has 0 aliphatic heterocycles. The van der Waals surface area contributed by atoms with Gasteiger partial charge in [0.1, 0.15) is 11.5 Å². The van der Waals surface area contributed by atoms with E-state index in [2.05, 4.69) is 61.2 Å². The van der Waals surface area contributed by atoms with E-state index in [1.807, 2.05) is 0 Å². The Morgan fingerprint density at radius 3 is 1.48 bits per heavy atom. The highest BCUT2D eigenvalue weighted by molar-refractivity contribution is 7.16. The fourth-order valence-corrected chi connectivity index (χ4v) is 4.05. The van der Waals surface area contributed by atoms with E-state index in [9.17, 15) is 0 Å². The predicted octanol–water partition coefficient (Wildman–Crippen LogP) is 4.89. The third kappa shape index (κ3) is 5.22. The monoisotopic (exact) mass is 390 g/mol. The number of hydrogen-bond donors (Lipinski definition) is 0. The number of methoxy groups -OCH3 is 2. The highest BCUT2D eigenvalue weighted by Crippen LogP contribution is 2.41. The van der Waals surface area contributed by atoms with Crippen LogP contribution in [0.15, 0.2) is 24.3 Å². The number of aryl methyl sites for hydroxylation is 4. The molecule has 0 radical (unpaired) electrons. The second-order valence-electron chi connectivity index (χ2n) is 6.89. The molecule has 5 heteroatoms. The molecule has 27 heavy (non-hydrogen) atoms. The molecule has 0 spiro atoms. The Bertz CT molecular complexity index is 710. The van der Waals surface area contributed by atoms with Gasteiger partial charge in [-0.1, -0.05) is 35.4 Å². The zero-order valence-electron chi connectivity index (χ0n) is 17.2. The summed E-state index contributed by atoms with van der Waals surface area (Å²) in [6.07, 6.45) is 0.846. The Hall–Kier alpha value is -1.61. The van der Waals surface area contributed by atoms with Crippen molar-refractivity contribution in [3.05, 3.63) is 57.6 Å². The van der Waals surface area contributed by atoms with Crippen molar-refractivity contribution in [1.82, 2.24) is 0 Å². The smallest absolute Gasteiger partial charge is 0.188 e. The van der Waals surface area contributed by atoms with Gasteiger partial charge in [0.05, 0.1) is 0 Å². The fourth-order valence-electron chi connectivity index (χ4n) is 3.54. The Balaban J connectivity index is 2.63. The van der Waals surface area contributed by atoms with Crippen molar-refractivity contribution < 1.29 is 18.9 Å². The molecule has 2 rings (SSSR count). The van der Waals surface area contributed by atoms with E-state index in [-0.39, 0.29) is 19.5 Å². The first-order valence-electron chi connectivity index (χ1n) is 9.08. The van der Waals surface area contributed by atoms with Gasteiger partial charge in [-0.25, -0.2) is 0 Å². The van der Waals surface area contributed by atoms with E-state index in [0.717, 1.165) is 39.9 Å². The molecule has 2 aromatic rings. The third-order valence-electron chi connectivity index (χ3n) is 4.52. The van der Waals surface area contributed by atoms with Gasteiger partial charge < -0.3 is 18.9 Å². The van der Waals surface area contributed by atoms with Crippen LogP contribution in [-0.2, 0) is 9.47 Å². The van der Waals surface area contributed by atoms with Crippen LogP contribution in [0.4, 0.5) is 0 Å². The molecule has 0 N–H and O–H groups in total. The van der Waals surface area contributed by atoms with Gasteiger partial charge >= 0.3 is 0 Å². The lowest BCUT2D eigenvalue weighted by molar-refractivity contribution is 0.0489.